The average Bonchev–Trinajstić information content (AvgIpc) is 2.87. The minimum absolute atomic E-state index is 0.322. The Balaban J connectivity index is 1.41. The van der Waals surface area contributed by atoms with Gasteiger partial charge in [0.1, 0.15) is 0 Å². The Morgan fingerprint density at radius 2 is 2.06 bits per heavy atom. The first-order chi connectivity index (χ1) is 7.80. The zero-order chi connectivity index (χ0) is 11.0. The zero-order valence-electron chi connectivity index (χ0n) is 9.93. The number of hydrogen-bond donors (Lipinski definition) is 2. The van der Waals surface area contributed by atoms with Crippen molar-refractivity contribution in [3.63, 3.8) is 0 Å². The lowest BCUT2D eigenvalue weighted by atomic mass is 9.85. The first-order valence-corrected chi connectivity index (χ1v) is 6.79. The molecule has 2 N–H and O–H groups in total. The van der Waals surface area contributed by atoms with Crippen molar-refractivity contribution >= 4 is 5.91 Å². The van der Waals surface area contributed by atoms with E-state index in [9.17, 15) is 4.79 Å². The van der Waals surface area contributed by atoms with Crippen molar-refractivity contribution in [3.8, 4) is 0 Å². The maximum Gasteiger partial charge on any atom is 0.223 e. The summed E-state index contributed by atoms with van der Waals surface area (Å²) >= 11 is 0. The normalized spacial score (nSPS) is 32.1. The molecule has 0 aromatic carbocycles. The molecule has 0 radical (unpaired) electrons. The van der Waals surface area contributed by atoms with Crippen LogP contribution in [0.1, 0.15) is 38.5 Å². The van der Waals surface area contributed by atoms with Crippen molar-refractivity contribution < 1.29 is 4.79 Å². The first kappa shape index (κ1) is 10.6. The Kier molecular flexibility index (Phi) is 2.66. The van der Waals surface area contributed by atoms with Gasteiger partial charge in [0.2, 0.25) is 5.91 Å². The molecule has 1 spiro atoms. The highest BCUT2D eigenvalue weighted by Crippen LogP contribution is 2.58. The maximum absolute atomic E-state index is 11.7. The summed E-state index contributed by atoms with van der Waals surface area (Å²) in [5.41, 5.74) is 0.609. The second-order valence-electron chi connectivity index (χ2n) is 5.89. The molecule has 1 amide bonds. The summed E-state index contributed by atoms with van der Waals surface area (Å²) in [5.74, 6) is 1.45. The second-order valence-corrected chi connectivity index (χ2v) is 5.89. The van der Waals surface area contributed by atoms with Crippen LogP contribution in [0.25, 0.3) is 0 Å². The van der Waals surface area contributed by atoms with Crippen LogP contribution in [-0.4, -0.2) is 25.5 Å². The Bertz CT molecular complexity index is 280. The number of carbonyl (C=O) groups is 1. The standard InChI is InChI=1S/C13H22N2O/c16-12(10-2-1-3-10)15-9-11-8-13(11)4-6-14-7-5-13/h10-11,14H,1-9H2,(H,15,16). The Morgan fingerprint density at radius 3 is 2.69 bits per heavy atom. The van der Waals surface area contributed by atoms with Gasteiger partial charge in [0.25, 0.3) is 0 Å². The molecule has 3 heteroatoms. The van der Waals surface area contributed by atoms with E-state index in [0.29, 0.717) is 17.2 Å². The van der Waals surface area contributed by atoms with E-state index in [1.165, 1.54) is 38.8 Å². The summed E-state index contributed by atoms with van der Waals surface area (Å²) in [5, 5.41) is 6.57. The second kappa shape index (κ2) is 4.02. The van der Waals surface area contributed by atoms with E-state index >= 15 is 0 Å². The maximum atomic E-state index is 11.7. The molecule has 1 heterocycles. The minimum Gasteiger partial charge on any atom is -0.356 e. The van der Waals surface area contributed by atoms with Crippen LogP contribution < -0.4 is 10.6 Å². The van der Waals surface area contributed by atoms with Crippen molar-refractivity contribution in [2.75, 3.05) is 19.6 Å². The van der Waals surface area contributed by atoms with Gasteiger partial charge in [0.05, 0.1) is 0 Å². The fraction of sp³-hybridized carbons (Fsp3) is 0.923. The van der Waals surface area contributed by atoms with E-state index in [4.69, 9.17) is 0 Å². The highest BCUT2D eigenvalue weighted by atomic mass is 16.1. The quantitative estimate of drug-likeness (QED) is 0.755. The minimum atomic E-state index is 0.322. The SMILES string of the molecule is O=C(NCC1CC12CCNCC2)C1CCC1. The molecule has 3 fully saturated rings. The largest absolute Gasteiger partial charge is 0.356 e. The van der Waals surface area contributed by atoms with E-state index in [2.05, 4.69) is 10.6 Å². The van der Waals surface area contributed by atoms with Crippen LogP contribution >= 0.6 is 0 Å². The van der Waals surface area contributed by atoms with Gasteiger partial charge in [-0.05, 0) is 56.5 Å². The molecule has 3 aliphatic rings. The third-order valence-electron chi connectivity index (χ3n) is 4.96. The van der Waals surface area contributed by atoms with Crippen LogP contribution in [0.5, 0.6) is 0 Å². The Hall–Kier alpha value is -0.570. The van der Waals surface area contributed by atoms with Crippen LogP contribution in [0, 0.1) is 17.3 Å². The number of amides is 1. The molecule has 0 aromatic heterocycles. The van der Waals surface area contributed by atoms with E-state index in [1.54, 1.807) is 0 Å². The van der Waals surface area contributed by atoms with Gasteiger partial charge in [0.15, 0.2) is 0 Å². The van der Waals surface area contributed by atoms with E-state index in [-0.39, 0.29) is 0 Å². The lowest BCUT2D eigenvalue weighted by Crippen LogP contribution is -2.37. The van der Waals surface area contributed by atoms with Gasteiger partial charge in [-0.2, -0.15) is 0 Å². The Labute approximate surface area is 97.4 Å². The molecule has 0 aromatic rings. The van der Waals surface area contributed by atoms with Crippen LogP contribution in [0.3, 0.4) is 0 Å². The van der Waals surface area contributed by atoms with Crippen LogP contribution in [0.2, 0.25) is 0 Å². The van der Waals surface area contributed by atoms with E-state index in [1.807, 2.05) is 0 Å². The van der Waals surface area contributed by atoms with Crippen LogP contribution in [0.15, 0.2) is 0 Å². The van der Waals surface area contributed by atoms with Gasteiger partial charge in [-0.1, -0.05) is 6.42 Å². The van der Waals surface area contributed by atoms with Crippen molar-refractivity contribution in [3.05, 3.63) is 0 Å². The molecule has 3 rings (SSSR count). The van der Waals surface area contributed by atoms with Gasteiger partial charge in [0, 0.05) is 12.5 Å². The van der Waals surface area contributed by atoms with Crippen molar-refractivity contribution in [1.29, 1.82) is 0 Å². The molecule has 1 saturated heterocycles. The van der Waals surface area contributed by atoms with Gasteiger partial charge in [-0.3, -0.25) is 4.79 Å². The van der Waals surface area contributed by atoms with Gasteiger partial charge in [-0.25, -0.2) is 0 Å². The molecule has 2 aliphatic carbocycles. The highest BCUT2D eigenvalue weighted by molar-refractivity contribution is 5.79. The molecule has 0 bridgehead atoms. The number of piperidine rings is 1. The van der Waals surface area contributed by atoms with Gasteiger partial charge < -0.3 is 10.6 Å². The molecule has 1 unspecified atom stereocenters. The van der Waals surface area contributed by atoms with Gasteiger partial charge >= 0.3 is 0 Å². The smallest absolute Gasteiger partial charge is 0.223 e. The summed E-state index contributed by atoms with van der Waals surface area (Å²) in [7, 11) is 0. The topological polar surface area (TPSA) is 41.1 Å². The number of rotatable bonds is 3. The number of carbonyl (C=O) groups excluding carboxylic acids is 1. The predicted octanol–water partition coefficient (Wildman–Crippen LogP) is 1.29. The fourth-order valence-corrected chi connectivity index (χ4v) is 3.30. The molecular formula is C13H22N2O. The number of hydrogen-bond acceptors (Lipinski definition) is 2. The first-order valence-electron chi connectivity index (χ1n) is 6.79. The molecular weight excluding hydrogens is 200 g/mol. The number of nitrogens with one attached hydrogen (secondary N) is 2. The van der Waals surface area contributed by atoms with E-state index < -0.39 is 0 Å². The monoisotopic (exact) mass is 222 g/mol. The van der Waals surface area contributed by atoms with Gasteiger partial charge in [-0.15, -0.1) is 0 Å². The summed E-state index contributed by atoms with van der Waals surface area (Å²) < 4.78 is 0. The predicted molar refractivity (Wildman–Crippen MR) is 63.0 cm³/mol. The van der Waals surface area contributed by atoms with Crippen molar-refractivity contribution in [2.24, 2.45) is 17.3 Å². The highest BCUT2D eigenvalue weighted by Gasteiger charge is 2.53. The van der Waals surface area contributed by atoms with Crippen LogP contribution in [0.4, 0.5) is 0 Å². The summed E-state index contributed by atoms with van der Waals surface area (Å²) in [6.07, 6.45) is 7.46. The van der Waals surface area contributed by atoms with Crippen molar-refractivity contribution in [2.45, 2.75) is 38.5 Å². The van der Waals surface area contributed by atoms with E-state index in [0.717, 1.165) is 25.3 Å². The molecule has 16 heavy (non-hydrogen) atoms. The molecule has 1 atom stereocenters. The summed E-state index contributed by atoms with van der Waals surface area (Å²) in [6, 6.07) is 0. The Morgan fingerprint density at radius 1 is 1.31 bits per heavy atom. The molecule has 2 saturated carbocycles. The third kappa shape index (κ3) is 1.86. The van der Waals surface area contributed by atoms with Crippen LogP contribution in [-0.2, 0) is 4.79 Å². The zero-order valence-corrected chi connectivity index (χ0v) is 9.93. The third-order valence-corrected chi connectivity index (χ3v) is 4.96. The molecule has 90 valence electrons. The lowest BCUT2D eigenvalue weighted by Gasteiger charge is -2.26. The average molecular weight is 222 g/mol. The lowest BCUT2D eigenvalue weighted by molar-refractivity contribution is -0.127. The molecule has 1 aliphatic heterocycles. The van der Waals surface area contributed by atoms with Crippen molar-refractivity contribution in [1.82, 2.24) is 10.6 Å². The molecule has 3 nitrogen and oxygen atoms in total. The fourth-order valence-electron chi connectivity index (χ4n) is 3.30. The summed E-state index contributed by atoms with van der Waals surface area (Å²) in [6.45, 7) is 3.29. The summed E-state index contributed by atoms with van der Waals surface area (Å²) in [4.78, 5) is 11.7.